The van der Waals surface area contributed by atoms with Crippen molar-refractivity contribution in [1.29, 1.82) is 0 Å². The van der Waals surface area contributed by atoms with Crippen molar-refractivity contribution in [2.24, 2.45) is 0 Å². The molecule has 0 saturated carbocycles. The van der Waals surface area contributed by atoms with Crippen LogP contribution < -0.4 is 5.32 Å². The normalized spacial score (nSPS) is 27.2. The number of carbonyl (C=O) groups is 1. The van der Waals surface area contributed by atoms with E-state index in [1.54, 1.807) is 13.8 Å². The van der Waals surface area contributed by atoms with Crippen LogP contribution in [0.1, 0.15) is 34.1 Å². The minimum atomic E-state index is -1.26. The molecule has 2 N–H and O–H groups in total. The summed E-state index contributed by atoms with van der Waals surface area (Å²) in [7, 11) is 0. The van der Waals surface area contributed by atoms with Crippen LogP contribution in [0.15, 0.2) is 24.3 Å². The molecule has 4 nitrogen and oxygen atoms in total. The zero-order chi connectivity index (χ0) is 15.2. The molecule has 1 atom stereocenters. The van der Waals surface area contributed by atoms with E-state index in [9.17, 15) is 14.3 Å². The number of ether oxygens (including phenoxy) is 1. The van der Waals surface area contributed by atoms with E-state index in [0.29, 0.717) is 12.1 Å². The molecule has 1 aliphatic rings. The maximum Gasteiger partial charge on any atom is 0.332 e. The topological polar surface area (TPSA) is 58.6 Å². The van der Waals surface area contributed by atoms with E-state index in [1.165, 1.54) is 24.3 Å². The molecule has 1 fully saturated rings. The van der Waals surface area contributed by atoms with E-state index in [2.05, 4.69) is 5.32 Å². The Kier molecular flexibility index (Phi) is 3.29. The summed E-state index contributed by atoms with van der Waals surface area (Å²) < 4.78 is 18.9. The summed E-state index contributed by atoms with van der Waals surface area (Å²) >= 11 is 0. The molecule has 110 valence electrons. The van der Waals surface area contributed by atoms with E-state index < -0.39 is 22.7 Å². The van der Waals surface area contributed by atoms with Gasteiger partial charge in [0.1, 0.15) is 5.82 Å². The average Bonchev–Trinajstić information content (AvgIpc) is 2.47. The van der Waals surface area contributed by atoms with Crippen LogP contribution in [-0.2, 0) is 9.53 Å². The summed E-state index contributed by atoms with van der Waals surface area (Å²) in [5.74, 6) is -1.33. The highest BCUT2D eigenvalue weighted by molar-refractivity contribution is 5.85. The Balaban J connectivity index is 2.41. The molecule has 0 spiro atoms. The molecule has 1 aromatic rings. The SMILES string of the molecule is CC1(C)CC(Nc2ccc(F)cc2)(C(=O)O)C(C)(C)O1. The van der Waals surface area contributed by atoms with E-state index in [4.69, 9.17) is 4.74 Å². The summed E-state index contributed by atoms with van der Waals surface area (Å²) in [6.07, 6.45) is 0.319. The van der Waals surface area contributed by atoms with Gasteiger partial charge in [-0.3, -0.25) is 0 Å². The molecule has 20 heavy (non-hydrogen) atoms. The minimum Gasteiger partial charge on any atom is -0.479 e. The van der Waals surface area contributed by atoms with Gasteiger partial charge in [-0.1, -0.05) is 0 Å². The quantitative estimate of drug-likeness (QED) is 0.894. The standard InChI is InChI=1S/C15H20FNO3/c1-13(2)9-15(12(18)19,14(3,4)20-13)17-11-7-5-10(16)6-8-11/h5-8,17H,9H2,1-4H3,(H,18,19). The number of carboxylic acid groups (broad SMARTS) is 1. The van der Waals surface area contributed by atoms with Crippen LogP contribution >= 0.6 is 0 Å². The molecule has 0 bridgehead atoms. The maximum atomic E-state index is 13.0. The first-order valence-electron chi connectivity index (χ1n) is 6.55. The van der Waals surface area contributed by atoms with Crippen molar-refractivity contribution in [3.63, 3.8) is 0 Å². The van der Waals surface area contributed by atoms with Gasteiger partial charge in [-0.05, 0) is 52.0 Å². The van der Waals surface area contributed by atoms with Crippen molar-refractivity contribution in [1.82, 2.24) is 0 Å². The zero-order valence-electron chi connectivity index (χ0n) is 12.2. The van der Waals surface area contributed by atoms with Crippen molar-refractivity contribution in [3.05, 3.63) is 30.1 Å². The third kappa shape index (κ3) is 2.38. The lowest BCUT2D eigenvalue weighted by Gasteiger charge is -2.37. The highest BCUT2D eigenvalue weighted by Crippen LogP contribution is 2.46. The molecule has 5 heteroatoms. The number of aliphatic carboxylic acids is 1. The largest absolute Gasteiger partial charge is 0.479 e. The van der Waals surface area contributed by atoms with E-state index >= 15 is 0 Å². The third-order valence-corrected chi connectivity index (χ3v) is 3.82. The van der Waals surface area contributed by atoms with Crippen molar-refractivity contribution >= 4 is 11.7 Å². The average molecular weight is 281 g/mol. The smallest absolute Gasteiger partial charge is 0.332 e. The lowest BCUT2D eigenvalue weighted by atomic mass is 9.78. The number of halogens is 1. The molecule has 0 aromatic heterocycles. The third-order valence-electron chi connectivity index (χ3n) is 3.82. The molecule has 0 radical (unpaired) electrons. The summed E-state index contributed by atoms with van der Waals surface area (Å²) in [6, 6.07) is 5.65. The van der Waals surface area contributed by atoms with Gasteiger partial charge >= 0.3 is 5.97 Å². The lowest BCUT2D eigenvalue weighted by molar-refractivity contribution is -0.149. The predicted molar refractivity (Wildman–Crippen MR) is 74.2 cm³/mol. The van der Waals surface area contributed by atoms with Gasteiger partial charge in [0.2, 0.25) is 0 Å². The van der Waals surface area contributed by atoms with Crippen molar-refractivity contribution in [2.75, 3.05) is 5.32 Å². The van der Waals surface area contributed by atoms with Gasteiger partial charge in [0.15, 0.2) is 5.54 Å². The lowest BCUT2D eigenvalue weighted by Crippen LogP contribution is -2.58. The molecule has 1 aromatic carbocycles. The predicted octanol–water partition coefficient (Wildman–Crippen LogP) is 3.04. The van der Waals surface area contributed by atoms with Gasteiger partial charge < -0.3 is 15.2 Å². The van der Waals surface area contributed by atoms with Crippen LogP contribution in [0.2, 0.25) is 0 Å². The van der Waals surface area contributed by atoms with Crippen molar-refractivity contribution in [3.8, 4) is 0 Å². The molecule has 0 aliphatic carbocycles. The second-order valence-electron chi connectivity index (χ2n) is 6.39. The fourth-order valence-corrected chi connectivity index (χ4v) is 3.03. The first kappa shape index (κ1) is 14.8. The Hall–Kier alpha value is -1.62. The molecule has 1 heterocycles. The Labute approximate surface area is 117 Å². The monoisotopic (exact) mass is 281 g/mol. The van der Waals surface area contributed by atoms with Gasteiger partial charge in [0, 0.05) is 12.1 Å². The van der Waals surface area contributed by atoms with Crippen molar-refractivity contribution in [2.45, 2.75) is 50.9 Å². The number of rotatable bonds is 3. The Bertz CT molecular complexity index is 524. The summed E-state index contributed by atoms with van der Waals surface area (Å²) in [5.41, 5.74) is -2.14. The van der Waals surface area contributed by atoms with Crippen LogP contribution in [0.4, 0.5) is 10.1 Å². The van der Waals surface area contributed by atoms with E-state index in [1.807, 2.05) is 13.8 Å². The van der Waals surface area contributed by atoms with E-state index in [0.717, 1.165) is 0 Å². The number of nitrogens with one attached hydrogen (secondary N) is 1. The summed E-state index contributed by atoms with van der Waals surface area (Å²) in [5, 5.41) is 12.8. The fraction of sp³-hybridized carbons (Fsp3) is 0.533. The number of anilines is 1. The van der Waals surface area contributed by atoms with E-state index in [-0.39, 0.29) is 5.82 Å². The van der Waals surface area contributed by atoms with Gasteiger partial charge in [-0.15, -0.1) is 0 Å². The van der Waals surface area contributed by atoms with Gasteiger partial charge in [0.25, 0.3) is 0 Å². The van der Waals surface area contributed by atoms with Crippen LogP contribution in [0, 0.1) is 5.82 Å². The number of carboxylic acids is 1. The number of benzene rings is 1. The van der Waals surface area contributed by atoms with Crippen LogP contribution in [0.5, 0.6) is 0 Å². The Morgan fingerprint density at radius 2 is 1.80 bits per heavy atom. The molecule has 1 aliphatic heterocycles. The molecular formula is C15H20FNO3. The number of hydrogen-bond acceptors (Lipinski definition) is 3. The molecule has 0 amide bonds. The second-order valence-corrected chi connectivity index (χ2v) is 6.39. The fourth-order valence-electron chi connectivity index (χ4n) is 3.03. The Morgan fingerprint density at radius 1 is 1.25 bits per heavy atom. The van der Waals surface area contributed by atoms with Gasteiger partial charge in [-0.25, -0.2) is 9.18 Å². The maximum absolute atomic E-state index is 13.0. The highest BCUT2D eigenvalue weighted by Gasteiger charge is 2.62. The second kappa shape index (κ2) is 4.45. The summed E-state index contributed by atoms with van der Waals surface area (Å²) in [6.45, 7) is 7.25. The van der Waals surface area contributed by atoms with Crippen molar-refractivity contribution < 1.29 is 19.0 Å². The minimum absolute atomic E-state index is 0.319. The number of hydrogen-bond donors (Lipinski definition) is 2. The van der Waals surface area contributed by atoms with Crippen LogP contribution in [-0.4, -0.2) is 27.8 Å². The van der Waals surface area contributed by atoms with Crippen LogP contribution in [0.3, 0.4) is 0 Å². The first-order valence-corrected chi connectivity index (χ1v) is 6.55. The molecular weight excluding hydrogens is 261 g/mol. The zero-order valence-corrected chi connectivity index (χ0v) is 12.2. The highest BCUT2D eigenvalue weighted by atomic mass is 19.1. The van der Waals surface area contributed by atoms with Crippen LogP contribution in [0.25, 0.3) is 0 Å². The Morgan fingerprint density at radius 3 is 2.20 bits per heavy atom. The van der Waals surface area contributed by atoms with Gasteiger partial charge in [0.05, 0.1) is 11.2 Å². The molecule has 1 unspecified atom stereocenters. The first-order chi connectivity index (χ1) is 9.08. The molecule has 1 saturated heterocycles. The summed E-state index contributed by atoms with van der Waals surface area (Å²) in [4.78, 5) is 11.9. The molecule has 2 rings (SSSR count). The van der Waals surface area contributed by atoms with Gasteiger partial charge in [-0.2, -0.15) is 0 Å².